The number of sulfonamides is 3. The molecule has 4 rings (SSSR count). The van der Waals surface area contributed by atoms with Crippen molar-refractivity contribution in [3.05, 3.63) is 48.0 Å². The predicted octanol–water partition coefficient (Wildman–Crippen LogP) is 1.40. The van der Waals surface area contributed by atoms with Gasteiger partial charge in [0.15, 0.2) is 0 Å². The maximum absolute atomic E-state index is 13.0. The minimum absolute atomic E-state index is 0.0454. The van der Waals surface area contributed by atoms with Crippen LogP contribution in [0.2, 0.25) is 0 Å². The summed E-state index contributed by atoms with van der Waals surface area (Å²) < 4.78 is 78.9. The highest BCUT2D eigenvalue weighted by Crippen LogP contribution is 2.31. The summed E-state index contributed by atoms with van der Waals surface area (Å²) in [6, 6.07) is 9.94. The van der Waals surface area contributed by atoms with Crippen molar-refractivity contribution in [3.8, 4) is 0 Å². The number of nitrogens with one attached hydrogen (secondary N) is 1. The first-order valence-corrected chi connectivity index (χ1v) is 14.4. The van der Waals surface area contributed by atoms with Crippen LogP contribution >= 0.6 is 0 Å². The average Bonchev–Trinajstić information content (AvgIpc) is 3.18. The molecule has 172 valence electrons. The Balaban J connectivity index is 1.62. The molecule has 2 fully saturated rings. The molecule has 0 unspecified atom stereocenters. The molecule has 32 heavy (non-hydrogen) atoms. The summed E-state index contributed by atoms with van der Waals surface area (Å²) >= 11 is 0. The van der Waals surface area contributed by atoms with Gasteiger partial charge in [-0.1, -0.05) is 6.07 Å². The Morgan fingerprint density at radius 3 is 2.28 bits per heavy atom. The highest BCUT2D eigenvalue weighted by Gasteiger charge is 2.36. The highest BCUT2D eigenvalue weighted by atomic mass is 32.2. The second-order valence-corrected chi connectivity index (χ2v) is 13.2. The molecular weight excluding hydrogens is 478 g/mol. The number of nitrogens with zero attached hydrogens (tertiary/aromatic N) is 2. The van der Waals surface area contributed by atoms with Gasteiger partial charge in [-0.2, -0.15) is 0 Å². The Bertz CT molecular complexity index is 1420. The van der Waals surface area contributed by atoms with Crippen LogP contribution in [0.1, 0.15) is 18.4 Å². The van der Waals surface area contributed by atoms with Gasteiger partial charge in [0.2, 0.25) is 26.0 Å². The number of hydrogen-bond donors (Lipinski definition) is 1. The van der Waals surface area contributed by atoms with E-state index in [0.717, 1.165) is 0 Å². The number of carbonyl (C=O) groups is 1. The molecular formula is C19H21N3O7S3. The molecule has 13 heteroatoms. The summed E-state index contributed by atoms with van der Waals surface area (Å²) in [5.41, 5.74) is 0.895. The minimum Gasteiger partial charge on any atom is -0.280 e. The lowest BCUT2D eigenvalue weighted by Crippen LogP contribution is -2.29. The van der Waals surface area contributed by atoms with Crippen LogP contribution in [0.15, 0.2) is 47.4 Å². The van der Waals surface area contributed by atoms with E-state index in [2.05, 4.69) is 4.72 Å². The van der Waals surface area contributed by atoms with Crippen LogP contribution in [0.5, 0.6) is 0 Å². The van der Waals surface area contributed by atoms with Crippen molar-refractivity contribution in [2.45, 2.75) is 24.7 Å². The summed E-state index contributed by atoms with van der Waals surface area (Å²) in [4.78, 5) is 11.9. The third-order valence-electron chi connectivity index (χ3n) is 5.25. The number of carbonyl (C=O) groups excluding carboxylic acids is 1. The lowest BCUT2D eigenvalue weighted by atomic mass is 10.2. The van der Waals surface area contributed by atoms with Crippen molar-refractivity contribution in [1.82, 2.24) is 0 Å². The molecule has 1 N–H and O–H groups in total. The van der Waals surface area contributed by atoms with Crippen molar-refractivity contribution < 1.29 is 30.0 Å². The number of benzene rings is 2. The molecule has 0 aromatic heterocycles. The summed E-state index contributed by atoms with van der Waals surface area (Å²) in [7, 11) is -11.2. The molecule has 2 aromatic carbocycles. The smallest absolute Gasteiger partial charge is 0.262 e. The van der Waals surface area contributed by atoms with E-state index >= 15 is 0 Å². The van der Waals surface area contributed by atoms with Crippen molar-refractivity contribution in [2.24, 2.45) is 0 Å². The van der Waals surface area contributed by atoms with Crippen molar-refractivity contribution >= 4 is 53.0 Å². The first-order chi connectivity index (χ1) is 14.9. The third-order valence-corrected chi connectivity index (χ3v) is 10.3. The second kappa shape index (κ2) is 7.74. The molecule has 0 spiro atoms. The Morgan fingerprint density at radius 1 is 0.938 bits per heavy atom. The van der Waals surface area contributed by atoms with Crippen LogP contribution in [0, 0.1) is 6.92 Å². The van der Waals surface area contributed by atoms with E-state index in [9.17, 15) is 30.0 Å². The molecule has 0 aliphatic carbocycles. The molecule has 0 atom stereocenters. The van der Waals surface area contributed by atoms with E-state index in [0.29, 0.717) is 23.0 Å². The number of amides is 1. The number of rotatable bonds is 5. The van der Waals surface area contributed by atoms with E-state index < -0.39 is 36.0 Å². The first kappa shape index (κ1) is 22.6. The lowest BCUT2D eigenvalue weighted by Gasteiger charge is -2.19. The second-order valence-electron chi connectivity index (χ2n) is 7.57. The normalized spacial score (nSPS) is 20.0. The fraction of sp³-hybridized carbons (Fsp3) is 0.316. The molecule has 2 aliphatic heterocycles. The quantitative estimate of drug-likeness (QED) is 0.656. The van der Waals surface area contributed by atoms with Crippen LogP contribution in [0.3, 0.4) is 0 Å². The fourth-order valence-corrected chi connectivity index (χ4v) is 8.08. The van der Waals surface area contributed by atoms with Crippen LogP contribution in [-0.4, -0.2) is 49.2 Å². The lowest BCUT2D eigenvalue weighted by molar-refractivity contribution is -0.116. The zero-order valence-electron chi connectivity index (χ0n) is 17.1. The van der Waals surface area contributed by atoms with E-state index in [-0.39, 0.29) is 39.8 Å². The van der Waals surface area contributed by atoms with Gasteiger partial charge in [0.05, 0.1) is 33.5 Å². The Labute approximate surface area is 187 Å². The Hall–Kier alpha value is -2.64. The molecule has 2 heterocycles. The van der Waals surface area contributed by atoms with E-state index in [1.165, 1.54) is 41.6 Å². The molecule has 10 nitrogen and oxygen atoms in total. The largest absolute Gasteiger partial charge is 0.280 e. The SMILES string of the molecule is Cc1cc(N2C(=O)CCS2(=O)=O)ccc1S(=O)(=O)Nc1cccc(N2CCCS2(=O)=O)c1. The summed E-state index contributed by atoms with van der Waals surface area (Å²) in [5, 5.41) is 0. The van der Waals surface area contributed by atoms with Gasteiger partial charge in [0, 0.05) is 13.0 Å². The van der Waals surface area contributed by atoms with E-state index in [1.54, 1.807) is 12.1 Å². The maximum atomic E-state index is 13.0. The maximum Gasteiger partial charge on any atom is 0.262 e. The average molecular weight is 500 g/mol. The zero-order chi connectivity index (χ0) is 23.3. The van der Waals surface area contributed by atoms with Gasteiger partial charge in [0.1, 0.15) is 0 Å². The van der Waals surface area contributed by atoms with Crippen molar-refractivity contribution in [3.63, 3.8) is 0 Å². The van der Waals surface area contributed by atoms with Gasteiger partial charge >= 0.3 is 0 Å². The van der Waals surface area contributed by atoms with Gasteiger partial charge in [-0.15, -0.1) is 0 Å². The third kappa shape index (κ3) is 4.07. The van der Waals surface area contributed by atoms with Gasteiger partial charge in [0.25, 0.3) is 10.0 Å². The molecule has 2 aliphatic rings. The van der Waals surface area contributed by atoms with Gasteiger partial charge in [-0.3, -0.25) is 13.8 Å². The molecule has 0 bridgehead atoms. The number of aryl methyl sites for hydroxylation is 1. The molecule has 0 radical (unpaired) electrons. The summed E-state index contributed by atoms with van der Waals surface area (Å²) in [5.74, 6) is -0.800. The highest BCUT2D eigenvalue weighted by molar-refractivity contribution is 7.94. The summed E-state index contributed by atoms with van der Waals surface area (Å²) in [6.45, 7) is 1.83. The van der Waals surface area contributed by atoms with Gasteiger partial charge in [-0.05, 0) is 55.3 Å². The van der Waals surface area contributed by atoms with Crippen molar-refractivity contribution in [1.29, 1.82) is 0 Å². The Kier molecular flexibility index (Phi) is 5.46. The van der Waals surface area contributed by atoms with Crippen LogP contribution in [0.25, 0.3) is 0 Å². The zero-order valence-corrected chi connectivity index (χ0v) is 19.5. The van der Waals surface area contributed by atoms with E-state index in [4.69, 9.17) is 0 Å². The van der Waals surface area contributed by atoms with Crippen LogP contribution in [0.4, 0.5) is 17.1 Å². The number of anilines is 3. The summed E-state index contributed by atoms with van der Waals surface area (Å²) in [6.07, 6.45) is 0.380. The monoisotopic (exact) mass is 499 g/mol. The first-order valence-electron chi connectivity index (χ1n) is 9.70. The molecule has 2 saturated heterocycles. The fourth-order valence-electron chi connectivity index (χ4n) is 3.79. The molecule has 0 saturated carbocycles. The Morgan fingerprint density at radius 2 is 1.69 bits per heavy atom. The predicted molar refractivity (Wildman–Crippen MR) is 120 cm³/mol. The van der Waals surface area contributed by atoms with Crippen LogP contribution in [-0.2, 0) is 34.9 Å². The van der Waals surface area contributed by atoms with E-state index in [1.807, 2.05) is 0 Å². The standard InChI is InChI=1S/C19H21N3O7S3/c1-14-12-17(22-19(23)8-11-31(22,26)27)6-7-18(14)32(28,29)20-15-4-2-5-16(13-15)21-9-3-10-30(21,24)25/h2,4-7,12-13,20H,3,8-11H2,1H3. The number of hydrogen-bond acceptors (Lipinski definition) is 7. The molecule has 2 aromatic rings. The van der Waals surface area contributed by atoms with Gasteiger partial charge in [-0.25, -0.2) is 29.6 Å². The minimum atomic E-state index is -4.07. The molecule has 1 amide bonds. The van der Waals surface area contributed by atoms with Crippen molar-refractivity contribution in [2.75, 3.05) is 31.4 Å². The topological polar surface area (TPSA) is 138 Å². The van der Waals surface area contributed by atoms with Gasteiger partial charge < -0.3 is 0 Å². The van der Waals surface area contributed by atoms with Crippen LogP contribution < -0.4 is 13.3 Å².